The molecule has 1 aromatic heterocycles. The number of aromatic nitrogens is 2. The van der Waals surface area contributed by atoms with Crippen molar-refractivity contribution in [3.05, 3.63) is 82.0 Å². The standard InChI is InChI=1S/C19H18N4O4/c1-14-11-18(22(21-14)12-15-7-3-2-4-8-15)20-19(24)13-27-17-10-6-5-9-16(17)23(25)26/h2-11H,12-13H2,1H3,(H,20,24). The zero-order chi connectivity index (χ0) is 19.2. The normalized spacial score (nSPS) is 10.4. The van der Waals surface area contributed by atoms with Gasteiger partial charge in [-0.15, -0.1) is 0 Å². The van der Waals surface area contributed by atoms with Gasteiger partial charge in [0.15, 0.2) is 12.4 Å². The van der Waals surface area contributed by atoms with E-state index in [0.29, 0.717) is 12.4 Å². The monoisotopic (exact) mass is 366 g/mol. The zero-order valence-electron chi connectivity index (χ0n) is 14.7. The van der Waals surface area contributed by atoms with Crippen molar-refractivity contribution in [1.82, 2.24) is 9.78 Å². The van der Waals surface area contributed by atoms with Gasteiger partial charge < -0.3 is 10.1 Å². The van der Waals surface area contributed by atoms with Crippen molar-refractivity contribution < 1.29 is 14.5 Å². The van der Waals surface area contributed by atoms with E-state index in [1.807, 2.05) is 37.3 Å². The summed E-state index contributed by atoms with van der Waals surface area (Å²) in [4.78, 5) is 22.7. The molecule has 0 aliphatic heterocycles. The fraction of sp³-hybridized carbons (Fsp3) is 0.158. The topological polar surface area (TPSA) is 99.3 Å². The predicted molar refractivity (Wildman–Crippen MR) is 99.7 cm³/mol. The van der Waals surface area contributed by atoms with Gasteiger partial charge in [0.05, 0.1) is 17.2 Å². The smallest absolute Gasteiger partial charge is 0.310 e. The number of ether oxygens (including phenoxy) is 1. The Balaban J connectivity index is 1.66. The number of carbonyl (C=O) groups is 1. The van der Waals surface area contributed by atoms with E-state index in [-0.39, 0.29) is 18.0 Å². The van der Waals surface area contributed by atoms with E-state index < -0.39 is 10.8 Å². The highest BCUT2D eigenvalue weighted by Crippen LogP contribution is 2.25. The molecule has 27 heavy (non-hydrogen) atoms. The molecule has 8 nitrogen and oxygen atoms in total. The molecule has 1 heterocycles. The SMILES string of the molecule is Cc1cc(NC(=O)COc2ccccc2[N+](=O)[O-])n(Cc2ccccc2)n1. The van der Waals surface area contributed by atoms with Crippen LogP contribution in [0.2, 0.25) is 0 Å². The maximum Gasteiger partial charge on any atom is 0.310 e. The second-order valence-electron chi connectivity index (χ2n) is 5.88. The molecule has 2 aromatic carbocycles. The minimum Gasteiger partial charge on any atom is -0.477 e. The zero-order valence-corrected chi connectivity index (χ0v) is 14.7. The van der Waals surface area contributed by atoms with E-state index in [2.05, 4.69) is 10.4 Å². The predicted octanol–water partition coefficient (Wildman–Crippen LogP) is 3.17. The van der Waals surface area contributed by atoms with Crippen LogP contribution in [0.4, 0.5) is 11.5 Å². The second kappa shape index (κ2) is 8.13. The lowest BCUT2D eigenvalue weighted by molar-refractivity contribution is -0.385. The molecule has 0 unspecified atom stereocenters. The van der Waals surface area contributed by atoms with Crippen LogP contribution in [0.1, 0.15) is 11.3 Å². The fourth-order valence-electron chi connectivity index (χ4n) is 2.58. The summed E-state index contributed by atoms with van der Waals surface area (Å²) in [7, 11) is 0. The van der Waals surface area contributed by atoms with Gasteiger partial charge >= 0.3 is 5.69 Å². The summed E-state index contributed by atoms with van der Waals surface area (Å²) in [5.41, 5.74) is 1.63. The first-order chi connectivity index (χ1) is 13.0. The van der Waals surface area contributed by atoms with Gasteiger partial charge in [-0.1, -0.05) is 42.5 Å². The molecular weight excluding hydrogens is 348 g/mol. The summed E-state index contributed by atoms with van der Waals surface area (Å²) in [5, 5.41) is 18.1. The third-order valence-corrected chi connectivity index (χ3v) is 3.77. The van der Waals surface area contributed by atoms with E-state index in [9.17, 15) is 14.9 Å². The first kappa shape index (κ1) is 18.1. The molecule has 1 N–H and O–H groups in total. The lowest BCUT2D eigenvalue weighted by Gasteiger charge is -2.10. The third-order valence-electron chi connectivity index (χ3n) is 3.77. The number of para-hydroxylation sites is 2. The summed E-state index contributed by atoms with van der Waals surface area (Å²) in [6.07, 6.45) is 0. The minimum atomic E-state index is -0.550. The second-order valence-corrected chi connectivity index (χ2v) is 5.88. The first-order valence-corrected chi connectivity index (χ1v) is 8.27. The number of amides is 1. The maximum atomic E-state index is 12.2. The summed E-state index contributed by atoms with van der Waals surface area (Å²) in [6, 6.07) is 17.4. The molecule has 138 valence electrons. The van der Waals surface area contributed by atoms with Crippen LogP contribution in [0.25, 0.3) is 0 Å². The highest BCUT2D eigenvalue weighted by molar-refractivity contribution is 5.91. The molecule has 0 spiro atoms. The number of hydrogen-bond donors (Lipinski definition) is 1. The van der Waals surface area contributed by atoms with Crippen LogP contribution >= 0.6 is 0 Å². The van der Waals surface area contributed by atoms with E-state index in [0.717, 1.165) is 11.3 Å². The van der Waals surface area contributed by atoms with Crippen LogP contribution in [-0.4, -0.2) is 27.2 Å². The third kappa shape index (κ3) is 4.69. The average molecular weight is 366 g/mol. The molecule has 3 rings (SSSR count). The lowest BCUT2D eigenvalue weighted by atomic mass is 10.2. The quantitative estimate of drug-likeness (QED) is 0.511. The summed E-state index contributed by atoms with van der Waals surface area (Å²) >= 11 is 0. The number of nitro benzene ring substituents is 1. The lowest BCUT2D eigenvalue weighted by Crippen LogP contribution is -2.22. The van der Waals surface area contributed by atoms with Gasteiger partial charge in [-0.05, 0) is 18.6 Å². The van der Waals surface area contributed by atoms with E-state index >= 15 is 0 Å². The van der Waals surface area contributed by atoms with Crippen LogP contribution in [-0.2, 0) is 11.3 Å². The Kier molecular flexibility index (Phi) is 5.46. The van der Waals surface area contributed by atoms with Crippen LogP contribution in [0.5, 0.6) is 5.75 Å². The Bertz CT molecular complexity index is 953. The van der Waals surface area contributed by atoms with Crippen LogP contribution in [0.15, 0.2) is 60.7 Å². The molecule has 0 radical (unpaired) electrons. The summed E-state index contributed by atoms with van der Waals surface area (Å²) in [6.45, 7) is 2.00. The number of anilines is 1. The Morgan fingerprint density at radius 3 is 2.63 bits per heavy atom. The Labute approximate surface area is 155 Å². The molecule has 8 heteroatoms. The number of nitrogens with zero attached hydrogens (tertiary/aromatic N) is 3. The molecule has 0 saturated carbocycles. The van der Waals surface area contributed by atoms with Gasteiger partial charge in [0.25, 0.3) is 5.91 Å². The molecule has 0 fully saturated rings. The molecule has 3 aromatic rings. The van der Waals surface area contributed by atoms with Gasteiger partial charge in [-0.2, -0.15) is 5.10 Å². The number of nitro groups is 1. The molecule has 0 saturated heterocycles. The number of rotatable bonds is 7. The molecular formula is C19H18N4O4. The van der Waals surface area contributed by atoms with E-state index in [1.165, 1.54) is 18.2 Å². The van der Waals surface area contributed by atoms with Crippen molar-refractivity contribution in [3.8, 4) is 5.75 Å². The van der Waals surface area contributed by atoms with Crippen molar-refractivity contribution in [1.29, 1.82) is 0 Å². The molecule has 0 atom stereocenters. The molecule has 0 bridgehead atoms. The highest BCUT2D eigenvalue weighted by Gasteiger charge is 2.16. The van der Waals surface area contributed by atoms with Gasteiger partial charge in [0.2, 0.25) is 0 Å². The Morgan fingerprint density at radius 1 is 1.19 bits per heavy atom. The van der Waals surface area contributed by atoms with Gasteiger partial charge in [-0.25, -0.2) is 4.68 Å². The Hall–Kier alpha value is -3.68. The fourth-order valence-corrected chi connectivity index (χ4v) is 2.58. The van der Waals surface area contributed by atoms with Crippen molar-refractivity contribution in [2.24, 2.45) is 0 Å². The van der Waals surface area contributed by atoms with Gasteiger partial charge in [0, 0.05) is 12.1 Å². The van der Waals surface area contributed by atoms with Crippen molar-refractivity contribution in [2.45, 2.75) is 13.5 Å². The van der Waals surface area contributed by atoms with Crippen molar-refractivity contribution >= 4 is 17.4 Å². The highest BCUT2D eigenvalue weighted by atomic mass is 16.6. The van der Waals surface area contributed by atoms with Crippen LogP contribution < -0.4 is 10.1 Å². The number of aryl methyl sites for hydroxylation is 1. The Morgan fingerprint density at radius 2 is 1.89 bits per heavy atom. The average Bonchev–Trinajstić information content (AvgIpc) is 2.99. The van der Waals surface area contributed by atoms with Crippen LogP contribution in [0, 0.1) is 17.0 Å². The minimum absolute atomic E-state index is 0.0478. The molecule has 1 amide bonds. The van der Waals surface area contributed by atoms with Crippen molar-refractivity contribution in [2.75, 3.05) is 11.9 Å². The van der Waals surface area contributed by atoms with Crippen molar-refractivity contribution in [3.63, 3.8) is 0 Å². The van der Waals surface area contributed by atoms with Gasteiger partial charge in [0.1, 0.15) is 5.82 Å². The van der Waals surface area contributed by atoms with E-state index in [1.54, 1.807) is 16.8 Å². The van der Waals surface area contributed by atoms with E-state index in [4.69, 9.17) is 4.74 Å². The largest absolute Gasteiger partial charge is 0.477 e. The molecule has 0 aliphatic rings. The first-order valence-electron chi connectivity index (χ1n) is 8.27. The number of nitrogens with one attached hydrogen (secondary N) is 1. The number of carbonyl (C=O) groups excluding carboxylic acids is 1. The summed E-state index contributed by atoms with van der Waals surface area (Å²) in [5.74, 6) is 0.154. The number of hydrogen-bond acceptors (Lipinski definition) is 5. The molecule has 0 aliphatic carbocycles. The van der Waals surface area contributed by atoms with Crippen LogP contribution in [0.3, 0.4) is 0 Å². The van der Waals surface area contributed by atoms with Gasteiger partial charge in [-0.3, -0.25) is 14.9 Å². The maximum absolute atomic E-state index is 12.2. The number of benzene rings is 2. The summed E-state index contributed by atoms with van der Waals surface area (Å²) < 4.78 is 7.00.